The van der Waals surface area contributed by atoms with Crippen LogP contribution in [0, 0.1) is 0 Å². The molecule has 0 aliphatic heterocycles. The Labute approximate surface area is 107 Å². The lowest BCUT2D eigenvalue weighted by Crippen LogP contribution is -2.43. The fourth-order valence-corrected chi connectivity index (χ4v) is 1.56. The quantitative estimate of drug-likeness (QED) is 0.882. The van der Waals surface area contributed by atoms with Crippen LogP contribution >= 0.6 is 0 Å². The van der Waals surface area contributed by atoms with E-state index in [1.54, 1.807) is 32.4 Å². The average Bonchev–Trinajstić information content (AvgIpc) is 2.34. The van der Waals surface area contributed by atoms with E-state index in [2.05, 4.69) is 0 Å². The fourth-order valence-electron chi connectivity index (χ4n) is 1.56. The van der Waals surface area contributed by atoms with Crippen molar-refractivity contribution in [1.29, 1.82) is 0 Å². The van der Waals surface area contributed by atoms with Crippen molar-refractivity contribution in [1.82, 2.24) is 0 Å². The van der Waals surface area contributed by atoms with Crippen molar-refractivity contribution in [2.24, 2.45) is 0 Å². The molecule has 5 nitrogen and oxygen atoms in total. The largest absolute Gasteiger partial charge is 0.493 e. The van der Waals surface area contributed by atoms with E-state index in [4.69, 9.17) is 9.47 Å². The molecule has 0 unspecified atom stereocenters. The molecule has 0 aliphatic rings. The molecule has 1 aromatic carbocycles. The lowest BCUT2D eigenvalue weighted by atomic mass is 10.1. The van der Waals surface area contributed by atoms with E-state index in [9.17, 15) is 9.90 Å². The van der Waals surface area contributed by atoms with Crippen molar-refractivity contribution in [3.63, 3.8) is 0 Å². The monoisotopic (exact) mass is 253 g/mol. The van der Waals surface area contributed by atoms with E-state index < -0.39 is 11.5 Å². The Morgan fingerprint density at radius 3 is 2.22 bits per heavy atom. The van der Waals surface area contributed by atoms with Gasteiger partial charge in [-0.2, -0.15) is 0 Å². The summed E-state index contributed by atoms with van der Waals surface area (Å²) in [6.07, 6.45) is 0. The van der Waals surface area contributed by atoms with Gasteiger partial charge >= 0.3 is 0 Å². The number of anilines is 1. The molecule has 0 saturated heterocycles. The minimum absolute atomic E-state index is 0.394. The fraction of sp³-hybridized carbons (Fsp3) is 0.462. The minimum Gasteiger partial charge on any atom is -0.493 e. The van der Waals surface area contributed by atoms with Crippen LogP contribution in [0.2, 0.25) is 0 Å². The summed E-state index contributed by atoms with van der Waals surface area (Å²) in [6, 6.07) is 5.12. The first-order valence-electron chi connectivity index (χ1n) is 5.53. The van der Waals surface area contributed by atoms with Gasteiger partial charge in [-0.1, -0.05) is 0 Å². The van der Waals surface area contributed by atoms with Crippen LogP contribution in [-0.4, -0.2) is 37.9 Å². The Balaban J connectivity index is 3.07. The van der Waals surface area contributed by atoms with Crippen LogP contribution < -0.4 is 14.4 Å². The zero-order valence-electron chi connectivity index (χ0n) is 11.4. The number of methoxy groups -OCH3 is 2. The number of hydrogen-bond acceptors (Lipinski definition) is 4. The second kappa shape index (κ2) is 5.27. The summed E-state index contributed by atoms with van der Waals surface area (Å²) in [5.41, 5.74) is -0.790. The molecular formula is C13H19NO4. The highest BCUT2D eigenvalue weighted by Gasteiger charge is 2.28. The zero-order valence-corrected chi connectivity index (χ0v) is 11.4. The van der Waals surface area contributed by atoms with Gasteiger partial charge in [0.2, 0.25) is 0 Å². The van der Waals surface area contributed by atoms with E-state index in [1.165, 1.54) is 25.9 Å². The van der Waals surface area contributed by atoms with Crippen molar-refractivity contribution in [2.75, 3.05) is 26.2 Å². The van der Waals surface area contributed by atoms with Gasteiger partial charge in [0.05, 0.1) is 14.2 Å². The number of carbonyl (C=O) groups excluding carboxylic acids is 1. The number of amides is 1. The predicted octanol–water partition coefficient (Wildman–Crippen LogP) is 1.44. The molecule has 0 bridgehead atoms. The number of likely N-dealkylation sites (N-methyl/N-ethyl adjacent to an activating group) is 1. The molecule has 1 N–H and O–H groups in total. The second-order valence-electron chi connectivity index (χ2n) is 4.46. The molecule has 18 heavy (non-hydrogen) atoms. The maximum absolute atomic E-state index is 11.9. The predicted molar refractivity (Wildman–Crippen MR) is 69.3 cm³/mol. The van der Waals surface area contributed by atoms with Crippen LogP contribution in [0.15, 0.2) is 18.2 Å². The van der Waals surface area contributed by atoms with E-state index >= 15 is 0 Å². The Hall–Kier alpha value is -1.75. The first kappa shape index (κ1) is 14.3. The number of hydrogen-bond donors (Lipinski definition) is 1. The molecular weight excluding hydrogens is 234 g/mol. The maximum Gasteiger partial charge on any atom is 0.258 e. The van der Waals surface area contributed by atoms with Crippen LogP contribution in [0.3, 0.4) is 0 Å². The van der Waals surface area contributed by atoms with Gasteiger partial charge in [0, 0.05) is 18.8 Å². The minimum atomic E-state index is -1.41. The standard InChI is InChI=1S/C13H19NO4/c1-13(2,16)12(15)14(3)9-6-7-10(17-4)11(8-9)18-5/h6-8,16H,1-5H3. The summed E-state index contributed by atoms with van der Waals surface area (Å²) >= 11 is 0. The molecule has 0 saturated carbocycles. The summed E-state index contributed by atoms with van der Waals surface area (Å²) in [5.74, 6) is 0.727. The van der Waals surface area contributed by atoms with Crippen LogP contribution in [0.1, 0.15) is 13.8 Å². The van der Waals surface area contributed by atoms with Crippen molar-refractivity contribution in [2.45, 2.75) is 19.4 Å². The summed E-state index contributed by atoms with van der Waals surface area (Å²) < 4.78 is 10.3. The van der Waals surface area contributed by atoms with Crippen molar-refractivity contribution < 1.29 is 19.4 Å². The summed E-state index contributed by atoms with van der Waals surface area (Å²) in [7, 11) is 4.67. The van der Waals surface area contributed by atoms with E-state index in [-0.39, 0.29) is 0 Å². The van der Waals surface area contributed by atoms with Crippen molar-refractivity contribution >= 4 is 11.6 Å². The van der Waals surface area contributed by atoms with Gasteiger partial charge in [-0.15, -0.1) is 0 Å². The molecule has 1 rings (SSSR count). The van der Waals surface area contributed by atoms with Gasteiger partial charge in [-0.05, 0) is 26.0 Å². The Morgan fingerprint density at radius 1 is 1.22 bits per heavy atom. The molecule has 0 aromatic heterocycles. The highest BCUT2D eigenvalue weighted by Crippen LogP contribution is 2.31. The van der Waals surface area contributed by atoms with Gasteiger partial charge in [0.15, 0.2) is 11.5 Å². The molecule has 0 radical (unpaired) electrons. The van der Waals surface area contributed by atoms with Gasteiger partial charge in [0.1, 0.15) is 5.60 Å². The summed E-state index contributed by atoms with van der Waals surface area (Å²) in [6.45, 7) is 2.90. The third-order valence-corrected chi connectivity index (χ3v) is 2.58. The highest BCUT2D eigenvalue weighted by atomic mass is 16.5. The number of ether oxygens (including phenoxy) is 2. The molecule has 1 amide bonds. The Bertz CT molecular complexity index is 437. The van der Waals surface area contributed by atoms with Crippen LogP contribution in [-0.2, 0) is 4.79 Å². The molecule has 100 valence electrons. The lowest BCUT2D eigenvalue weighted by molar-refractivity contribution is -0.133. The number of carbonyl (C=O) groups is 1. The summed E-state index contributed by atoms with van der Waals surface area (Å²) in [5, 5.41) is 9.70. The Kier molecular flexibility index (Phi) is 4.19. The van der Waals surface area contributed by atoms with Crippen LogP contribution in [0.4, 0.5) is 5.69 Å². The number of benzene rings is 1. The number of aliphatic hydroxyl groups is 1. The molecule has 0 aliphatic carbocycles. The SMILES string of the molecule is COc1ccc(N(C)C(=O)C(C)(C)O)cc1OC. The zero-order chi connectivity index (χ0) is 13.9. The molecule has 0 heterocycles. The molecule has 5 heteroatoms. The van der Waals surface area contributed by atoms with Gasteiger partial charge in [0.25, 0.3) is 5.91 Å². The topological polar surface area (TPSA) is 59.0 Å². The van der Waals surface area contributed by atoms with E-state index in [1.807, 2.05) is 0 Å². The smallest absolute Gasteiger partial charge is 0.258 e. The molecule has 0 spiro atoms. The Morgan fingerprint density at radius 2 is 1.78 bits per heavy atom. The van der Waals surface area contributed by atoms with Crippen molar-refractivity contribution in [3.8, 4) is 11.5 Å². The van der Waals surface area contributed by atoms with Crippen molar-refractivity contribution in [3.05, 3.63) is 18.2 Å². The first-order chi connectivity index (χ1) is 8.31. The lowest BCUT2D eigenvalue weighted by Gasteiger charge is -2.25. The molecule has 0 atom stereocenters. The second-order valence-corrected chi connectivity index (χ2v) is 4.46. The van der Waals surface area contributed by atoms with Crippen LogP contribution in [0.25, 0.3) is 0 Å². The number of rotatable bonds is 4. The normalized spacial score (nSPS) is 11.0. The van der Waals surface area contributed by atoms with Crippen LogP contribution in [0.5, 0.6) is 11.5 Å². The van der Waals surface area contributed by atoms with Gasteiger partial charge < -0.3 is 19.5 Å². The van der Waals surface area contributed by atoms with E-state index in [0.29, 0.717) is 17.2 Å². The average molecular weight is 253 g/mol. The molecule has 1 aromatic rings. The number of nitrogens with zero attached hydrogens (tertiary/aromatic N) is 1. The maximum atomic E-state index is 11.9. The molecule has 0 fully saturated rings. The highest BCUT2D eigenvalue weighted by molar-refractivity contribution is 5.98. The van der Waals surface area contributed by atoms with Gasteiger partial charge in [-0.25, -0.2) is 0 Å². The third kappa shape index (κ3) is 2.92. The van der Waals surface area contributed by atoms with Gasteiger partial charge in [-0.3, -0.25) is 4.79 Å². The first-order valence-corrected chi connectivity index (χ1v) is 5.53. The summed E-state index contributed by atoms with van der Waals surface area (Å²) in [4.78, 5) is 13.3. The van der Waals surface area contributed by atoms with E-state index in [0.717, 1.165) is 0 Å². The third-order valence-electron chi connectivity index (χ3n) is 2.58.